The Morgan fingerprint density at radius 1 is 0.425 bits per heavy atom. The summed E-state index contributed by atoms with van der Waals surface area (Å²) in [5, 5.41) is 23.9. The summed E-state index contributed by atoms with van der Waals surface area (Å²) in [6.45, 7) is 0. The van der Waals surface area contributed by atoms with Gasteiger partial charge in [-0.2, -0.15) is 52.7 Å². The minimum atomic E-state index is -5.62. The zero-order chi connectivity index (χ0) is 32.4. The van der Waals surface area contributed by atoms with E-state index in [4.69, 9.17) is 15.3 Å². The van der Waals surface area contributed by atoms with Crippen LogP contribution < -0.4 is 0 Å². The van der Waals surface area contributed by atoms with Gasteiger partial charge in [0.1, 0.15) is 0 Å². The molecule has 0 aliphatic carbocycles. The van der Waals surface area contributed by atoms with E-state index < -0.39 is 89.9 Å². The molecule has 0 bridgehead atoms. The molecule has 0 aromatic carbocycles. The Morgan fingerprint density at radius 2 is 0.550 bits per heavy atom. The second kappa shape index (κ2) is 17.5. The fourth-order valence-corrected chi connectivity index (χ4v) is 1.01. The third-order valence-corrected chi connectivity index (χ3v) is 2.67. The number of rotatable bonds is 6. The van der Waals surface area contributed by atoms with Gasteiger partial charge in [-0.25, -0.2) is 26.3 Å². The van der Waals surface area contributed by atoms with Gasteiger partial charge in [-0.1, -0.05) is 0 Å². The summed E-state index contributed by atoms with van der Waals surface area (Å²) in [4.78, 5) is 29.6. The molecule has 0 amide bonds. The number of hydrogen-bond donors (Lipinski definition) is 3. The quantitative estimate of drug-likeness (QED) is 0.165. The molecule has 3 N–H and O–H groups in total. The fourth-order valence-electron chi connectivity index (χ4n) is 1.01. The minimum absolute atomic E-state index is 0. The predicted molar refractivity (Wildman–Crippen MR) is 83.5 cm³/mol. The van der Waals surface area contributed by atoms with Crippen molar-refractivity contribution in [3.8, 4) is 0 Å². The van der Waals surface area contributed by atoms with E-state index in [1.807, 2.05) is 0 Å². The van der Waals surface area contributed by atoms with Crippen LogP contribution in [0.4, 0.5) is 79.0 Å². The first-order valence-corrected chi connectivity index (χ1v) is 7.98. The average Bonchev–Trinajstić information content (AvgIpc) is 2.78. The van der Waals surface area contributed by atoms with Crippen LogP contribution in [0.2, 0.25) is 0 Å². The van der Waals surface area contributed by atoms with Crippen LogP contribution in [0.3, 0.4) is 0 Å². The summed E-state index contributed by atoms with van der Waals surface area (Å²) in [5.41, 5.74) is 0. The first kappa shape index (κ1) is 44.7. The van der Waals surface area contributed by atoms with E-state index in [0.717, 1.165) is 0 Å². The van der Waals surface area contributed by atoms with Gasteiger partial charge in [-0.15, -0.1) is 0 Å². The molecule has 25 heteroatoms. The van der Waals surface area contributed by atoms with Gasteiger partial charge in [-0.3, -0.25) is 14.4 Å². The molecule has 40 heavy (non-hydrogen) atoms. The summed E-state index contributed by atoms with van der Waals surface area (Å²) < 4.78 is 206. The molecular formula is C15H6F18NdO6. The molecule has 0 aliphatic rings. The molecule has 0 aliphatic heterocycles. The molecule has 0 radical (unpaired) electrons. The Kier molecular flexibility index (Phi) is 19.6. The van der Waals surface area contributed by atoms with Gasteiger partial charge < -0.3 is 15.3 Å². The van der Waals surface area contributed by atoms with Crippen LogP contribution in [-0.4, -0.2) is 70.5 Å². The number of aliphatic hydroxyl groups excluding tert-OH is 3. The van der Waals surface area contributed by atoms with Crippen LogP contribution >= 0.6 is 0 Å². The average molecular weight is 768 g/mol. The van der Waals surface area contributed by atoms with Gasteiger partial charge in [0.2, 0.25) is 17.5 Å². The van der Waals surface area contributed by atoms with Gasteiger partial charge in [0.05, 0.1) is 0 Å². The molecule has 0 spiro atoms. The van der Waals surface area contributed by atoms with Crippen molar-refractivity contribution in [2.24, 2.45) is 0 Å². The summed E-state index contributed by atoms with van der Waals surface area (Å²) in [6.07, 6.45) is -28.4. The first-order valence-electron chi connectivity index (χ1n) is 7.98. The van der Waals surface area contributed by atoms with Crippen molar-refractivity contribution in [3.63, 3.8) is 0 Å². The number of allylic oxidation sites excluding steroid dienone is 6. The van der Waals surface area contributed by atoms with E-state index in [1.165, 1.54) is 0 Å². The van der Waals surface area contributed by atoms with Crippen LogP contribution in [0, 0.1) is 40.8 Å². The van der Waals surface area contributed by atoms with E-state index >= 15 is 0 Å². The maximum atomic E-state index is 12.0. The van der Waals surface area contributed by atoms with E-state index in [2.05, 4.69) is 0 Å². The number of carbonyl (C=O) groups excluding carboxylic acids is 3. The Labute approximate surface area is 239 Å². The maximum absolute atomic E-state index is 12.0. The predicted octanol–water partition coefficient (Wildman–Crippen LogP) is 6.37. The number of carbonyl (C=O) groups is 3. The van der Waals surface area contributed by atoms with Crippen LogP contribution in [0.5, 0.6) is 0 Å². The molecule has 0 heterocycles. The molecule has 0 unspecified atom stereocenters. The first-order chi connectivity index (χ1) is 17.0. The van der Waals surface area contributed by atoms with E-state index in [9.17, 15) is 93.4 Å². The molecule has 0 aromatic rings. The Bertz CT molecular complexity index is 850. The van der Waals surface area contributed by atoms with Gasteiger partial charge >= 0.3 is 18.5 Å². The molecule has 0 saturated heterocycles. The normalized spacial score (nSPS) is 14.0. The van der Waals surface area contributed by atoms with Crippen LogP contribution in [0.25, 0.3) is 0 Å². The van der Waals surface area contributed by atoms with Crippen molar-refractivity contribution in [1.29, 1.82) is 0 Å². The van der Waals surface area contributed by atoms with Crippen molar-refractivity contribution in [2.45, 2.75) is 37.8 Å². The zero-order valence-electron chi connectivity index (χ0n) is 17.6. The van der Waals surface area contributed by atoms with Gasteiger partial charge in [0, 0.05) is 40.8 Å². The molecule has 232 valence electrons. The second-order valence-electron chi connectivity index (χ2n) is 5.48. The second-order valence-corrected chi connectivity index (χ2v) is 5.48. The number of halogens is 18. The number of ketones is 3. The number of aliphatic hydroxyl groups is 3. The largest absolute Gasteiger partial charge is 0.504 e. The Hall–Kier alpha value is -2.28. The number of Topliss-reactive ketones (excluding diaryl/α,β-unsaturated/α-hetero) is 3. The molecule has 0 saturated carbocycles. The summed E-state index contributed by atoms with van der Waals surface area (Å²) in [6, 6.07) is 0. The summed E-state index contributed by atoms with van der Waals surface area (Å²) in [5.74, 6) is -25.6. The molecule has 0 atom stereocenters. The fraction of sp³-hybridized carbons (Fsp3) is 0.400. The Balaban J connectivity index is -0.000000240. The van der Waals surface area contributed by atoms with Crippen molar-refractivity contribution in [1.82, 2.24) is 0 Å². The van der Waals surface area contributed by atoms with Gasteiger partial charge in [-0.05, 0) is 0 Å². The molecule has 0 fully saturated rings. The van der Waals surface area contributed by atoms with E-state index in [1.54, 1.807) is 0 Å². The van der Waals surface area contributed by atoms with E-state index in [0.29, 0.717) is 0 Å². The number of alkyl halides is 15. The van der Waals surface area contributed by atoms with Crippen LogP contribution in [0.15, 0.2) is 34.8 Å². The van der Waals surface area contributed by atoms with Crippen LogP contribution in [-0.2, 0) is 14.4 Å². The third-order valence-electron chi connectivity index (χ3n) is 2.67. The molecule has 6 nitrogen and oxygen atoms in total. The minimum Gasteiger partial charge on any atom is -0.504 e. The molecule has 0 aromatic heterocycles. The van der Waals surface area contributed by atoms with Gasteiger partial charge in [0.15, 0.2) is 17.3 Å². The zero-order valence-corrected chi connectivity index (χ0v) is 20.8. The van der Waals surface area contributed by atoms with Crippen molar-refractivity contribution >= 4 is 17.3 Å². The van der Waals surface area contributed by atoms with E-state index in [-0.39, 0.29) is 40.8 Å². The third kappa shape index (κ3) is 16.1. The maximum Gasteiger partial charge on any atom is 0.457 e. The summed E-state index contributed by atoms with van der Waals surface area (Å²) >= 11 is 0. The van der Waals surface area contributed by atoms with Crippen molar-refractivity contribution in [3.05, 3.63) is 34.8 Å². The summed E-state index contributed by atoms with van der Waals surface area (Å²) in [7, 11) is 0. The van der Waals surface area contributed by atoms with Crippen molar-refractivity contribution < 1.29 is 150 Å². The number of hydrogen-bond acceptors (Lipinski definition) is 6. The van der Waals surface area contributed by atoms with Crippen LogP contribution in [0.1, 0.15) is 0 Å². The molecular weight excluding hydrogens is 762 g/mol. The van der Waals surface area contributed by atoms with Crippen molar-refractivity contribution in [2.75, 3.05) is 0 Å². The Morgan fingerprint density at radius 3 is 0.625 bits per heavy atom. The van der Waals surface area contributed by atoms with Gasteiger partial charge in [0.25, 0.3) is 36.6 Å². The smallest absolute Gasteiger partial charge is 0.457 e. The SMILES string of the molecule is O=C(/C(F)=C(\O)C(F)F)C(F)(F)F.O=C(/C(F)=C(\O)C(F)F)C(F)(F)F.O=C(/C(F)=C(\O)C(F)F)C(F)(F)F.[Nd]. The molecule has 0 rings (SSSR count). The monoisotopic (exact) mass is 766 g/mol. The topological polar surface area (TPSA) is 112 Å². The standard InChI is InChI=1S/3C5H2F6O2.Nd/c3*6-1(2(12)4(7)8)3(13)5(9,10)11;/h3*4,12H;/b3*2-1+;.